The van der Waals surface area contributed by atoms with E-state index in [1.807, 2.05) is 11.7 Å². The van der Waals surface area contributed by atoms with Crippen molar-refractivity contribution < 1.29 is 0 Å². The lowest BCUT2D eigenvalue weighted by molar-refractivity contribution is 1.11. The molecule has 6 heteroatoms. The van der Waals surface area contributed by atoms with E-state index >= 15 is 0 Å². The van der Waals surface area contributed by atoms with E-state index in [0.717, 1.165) is 11.5 Å². The molecule has 16 heavy (non-hydrogen) atoms. The van der Waals surface area contributed by atoms with Gasteiger partial charge < -0.3 is 11.1 Å². The number of nitrogens with one attached hydrogen (secondary N) is 1. The van der Waals surface area contributed by atoms with Gasteiger partial charge in [-0.1, -0.05) is 0 Å². The van der Waals surface area contributed by atoms with Crippen LogP contribution in [0.5, 0.6) is 0 Å². The van der Waals surface area contributed by atoms with E-state index in [0.29, 0.717) is 11.7 Å². The number of anilines is 2. The van der Waals surface area contributed by atoms with Gasteiger partial charge in [-0.2, -0.15) is 4.37 Å². The van der Waals surface area contributed by atoms with E-state index in [9.17, 15) is 0 Å². The van der Waals surface area contributed by atoms with Crippen molar-refractivity contribution in [2.24, 2.45) is 0 Å². The summed E-state index contributed by atoms with van der Waals surface area (Å²) in [6.45, 7) is 0.812. The topological polar surface area (TPSA) is 63.8 Å². The quantitative estimate of drug-likeness (QED) is 0.878. The Kier molecular flexibility index (Phi) is 2.53. The van der Waals surface area contributed by atoms with Crippen molar-refractivity contribution in [2.75, 3.05) is 11.1 Å². The van der Waals surface area contributed by atoms with Crippen LogP contribution < -0.4 is 11.1 Å². The first-order chi connectivity index (χ1) is 7.84. The summed E-state index contributed by atoms with van der Waals surface area (Å²) in [6, 6.07) is 0. The van der Waals surface area contributed by atoms with Gasteiger partial charge in [-0.15, -0.1) is 11.3 Å². The van der Waals surface area contributed by atoms with E-state index in [4.69, 9.17) is 5.73 Å². The van der Waals surface area contributed by atoms with Crippen molar-refractivity contribution in [3.8, 4) is 0 Å². The molecule has 0 amide bonds. The van der Waals surface area contributed by atoms with Gasteiger partial charge in [0.15, 0.2) is 0 Å². The molecule has 84 valence electrons. The maximum Gasteiger partial charge on any atom is 0.142 e. The van der Waals surface area contributed by atoms with Crippen molar-refractivity contribution in [1.29, 1.82) is 0 Å². The number of nitrogens with two attached hydrogens (primary N) is 1. The maximum atomic E-state index is 5.88. The number of aromatic nitrogens is 2. The molecular formula is C10H12N4S2. The van der Waals surface area contributed by atoms with Gasteiger partial charge in [0.1, 0.15) is 10.8 Å². The highest BCUT2D eigenvalue weighted by atomic mass is 32.1. The molecule has 0 aliphatic heterocycles. The molecule has 2 heterocycles. The minimum atomic E-state index is 0.641. The Labute approximate surface area is 102 Å². The Morgan fingerprint density at radius 3 is 3.06 bits per heavy atom. The van der Waals surface area contributed by atoms with Crippen LogP contribution in [0.25, 0.3) is 0 Å². The molecular weight excluding hydrogens is 240 g/mol. The van der Waals surface area contributed by atoms with Crippen molar-refractivity contribution in [3.05, 3.63) is 22.1 Å². The SMILES string of the molecule is Nc1nsc(NCc2cncs2)c1C1CC1. The molecule has 2 aromatic rings. The molecule has 3 rings (SSSR count). The van der Waals surface area contributed by atoms with Gasteiger partial charge in [-0.05, 0) is 30.3 Å². The lowest BCUT2D eigenvalue weighted by Gasteiger charge is -2.04. The van der Waals surface area contributed by atoms with Crippen LogP contribution in [0.15, 0.2) is 11.7 Å². The average Bonchev–Trinajstić information content (AvgIpc) is 2.85. The Morgan fingerprint density at radius 1 is 1.50 bits per heavy atom. The fraction of sp³-hybridized carbons (Fsp3) is 0.400. The van der Waals surface area contributed by atoms with Gasteiger partial charge in [0.2, 0.25) is 0 Å². The molecule has 1 saturated carbocycles. The second-order valence-corrected chi connectivity index (χ2v) is 5.65. The molecule has 0 atom stereocenters. The zero-order chi connectivity index (χ0) is 11.0. The molecule has 0 saturated heterocycles. The van der Waals surface area contributed by atoms with Gasteiger partial charge in [-0.25, -0.2) is 0 Å². The summed E-state index contributed by atoms with van der Waals surface area (Å²) >= 11 is 3.12. The lowest BCUT2D eigenvalue weighted by Crippen LogP contribution is -1.99. The van der Waals surface area contributed by atoms with Crippen LogP contribution in [0.3, 0.4) is 0 Å². The number of thiazole rings is 1. The second-order valence-electron chi connectivity index (χ2n) is 3.91. The van der Waals surface area contributed by atoms with Crippen LogP contribution >= 0.6 is 22.9 Å². The molecule has 0 bridgehead atoms. The largest absolute Gasteiger partial charge is 0.383 e. The summed E-state index contributed by atoms with van der Waals surface area (Å²) in [5.74, 6) is 1.35. The summed E-state index contributed by atoms with van der Waals surface area (Å²) in [5.41, 5.74) is 8.96. The molecule has 1 aliphatic rings. The molecule has 0 radical (unpaired) electrons. The third kappa shape index (κ3) is 1.90. The normalized spacial score (nSPS) is 15.2. The van der Waals surface area contributed by atoms with Gasteiger partial charge >= 0.3 is 0 Å². The molecule has 0 aromatic carbocycles. The minimum Gasteiger partial charge on any atom is -0.383 e. The number of rotatable bonds is 4. The lowest BCUT2D eigenvalue weighted by atomic mass is 10.2. The van der Waals surface area contributed by atoms with E-state index in [1.54, 1.807) is 11.3 Å². The molecule has 1 aliphatic carbocycles. The summed E-state index contributed by atoms with van der Waals surface area (Å²) < 4.78 is 4.22. The highest BCUT2D eigenvalue weighted by Crippen LogP contribution is 2.47. The van der Waals surface area contributed by atoms with Crippen molar-refractivity contribution in [2.45, 2.75) is 25.3 Å². The number of nitrogen functional groups attached to an aromatic ring is 1. The highest BCUT2D eigenvalue weighted by Gasteiger charge is 2.30. The molecule has 0 spiro atoms. The zero-order valence-corrected chi connectivity index (χ0v) is 10.3. The van der Waals surface area contributed by atoms with Crippen LogP contribution in [-0.4, -0.2) is 9.36 Å². The smallest absolute Gasteiger partial charge is 0.142 e. The van der Waals surface area contributed by atoms with Crippen LogP contribution in [0, 0.1) is 0 Å². The van der Waals surface area contributed by atoms with E-state index in [2.05, 4.69) is 14.7 Å². The number of hydrogen-bond donors (Lipinski definition) is 2. The fourth-order valence-corrected chi connectivity index (χ4v) is 3.03. The van der Waals surface area contributed by atoms with Crippen molar-refractivity contribution in [3.63, 3.8) is 0 Å². The first-order valence-electron chi connectivity index (χ1n) is 5.21. The number of hydrogen-bond acceptors (Lipinski definition) is 6. The van der Waals surface area contributed by atoms with Gasteiger partial charge in [-0.3, -0.25) is 4.98 Å². The summed E-state index contributed by atoms with van der Waals surface area (Å²) in [7, 11) is 0. The van der Waals surface area contributed by atoms with Crippen molar-refractivity contribution in [1.82, 2.24) is 9.36 Å². The highest BCUT2D eigenvalue weighted by molar-refractivity contribution is 7.11. The first-order valence-corrected chi connectivity index (χ1v) is 6.86. The number of nitrogens with zero attached hydrogens (tertiary/aromatic N) is 2. The van der Waals surface area contributed by atoms with Crippen LogP contribution in [0.2, 0.25) is 0 Å². The van der Waals surface area contributed by atoms with E-state index < -0.39 is 0 Å². The monoisotopic (exact) mass is 252 g/mol. The summed E-state index contributed by atoms with van der Waals surface area (Å²) in [4.78, 5) is 5.28. The third-order valence-electron chi connectivity index (χ3n) is 2.65. The second kappa shape index (κ2) is 4.03. The van der Waals surface area contributed by atoms with Crippen LogP contribution in [0.4, 0.5) is 10.8 Å². The Bertz CT molecular complexity index is 473. The van der Waals surface area contributed by atoms with Crippen LogP contribution in [-0.2, 0) is 6.54 Å². The molecule has 1 fully saturated rings. The predicted molar refractivity (Wildman–Crippen MR) is 67.9 cm³/mol. The molecule has 2 aromatic heterocycles. The maximum absolute atomic E-state index is 5.88. The van der Waals surface area contributed by atoms with Gasteiger partial charge in [0.05, 0.1) is 12.1 Å². The Morgan fingerprint density at radius 2 is 2.38 bits per heavy atom. The minimum absolute atomic E-state index is 0.641. The Balaban J connectivity index is 1.74. The molecule has 4 nitrogen and oxygen atoms in total. The van der Waals surface area contributed by atoms with Crippen molar-refractivity contribution >= 4 is 33.7 Å². The molecule has 3 N–H and O–H groups in total. The van der Waals surface area contributed by atoms with E-state index in [1.165, 1.54) is 34.8 Å². The van der Waals surface area contributed by atoms with E-state index in [-0.39, 0.29) is 0 Å². The van der Waals surface area contributed by atoms with Gasteiger partial charge in [0, 0.05) is 16.6 Å². The average molecular weight is 252 g/mol. The summed E-state index contributed by atoms with van der Waals surface area (Å²) in [5, 5.41) is 4.54. The fourth-order valence-electron chi connectivity index (χ4n) is 1.70. The molecule has 0 unspecified atom stereocenters. The summed E-state index contributed by atoms with van der Waals surface area (Å²) in [6.07, 6.45) is 4.38. The van der Waals surface area contributed by atoms with Gasteiger partial charge in [0.25, 0.3) is 0 Å². The Hall–Kier alpha value is -1.14. The third-order valence-corrected chi connectivity index (χ3v) is 4.26. The first kappa shape index (κ1) is 10.0. The zero-order valence-electron chi connectivity index (χ0n) is 8.64. The standard InChI is InChI=1S/C10H12N4S2/c11-9-8(6-1-2-6)10(16-14-9)13-4-7-3-12-5-15-7/h3,5-6,13H,1-2,4H2,(H2,11,14). The van der Waals surface area contributed by atoms with Crippen LogP contribution in [0.1, 0.15) is 29.2 Å². The predicted octanol–water partition coefficient (Wildman–Crippen LogP) is 2.67.